The minimum absolute atomic E-state index is 0.0520. The van der Waals surface area contributed by atoms with Crippen LogP contribution < -0.4 is 5.32 Å². The van der Waals surface area contributed by atoms with Crippen molar-refractivity contribution in [2.75, 3.05) is 13.1 Å². The van der Waals surface area contributed by atoms with E-state index in [-0.39, 0.29) is 17.8 Å². The summed E-state index contributed by atoms with van der Waals surface area (Å²) in [6, 6.07) is 2.10. The zero-order valence-electron chi connectivity index (χ0n) is 10.5. The monoisotopic (exact) mass is 253 g/mol. The fourth-order valence-corrected chi connectivity index (χ4v) is 2.86. The van der Waals surface area contributed by atoms with Crippen LogP contribution in [0.5, 0.6) is 0 Å². The lowest BCUT2D eigenvalue weighted by atomic mass is 9.91. The molecule has 0 aromatic carbocycles. The highest BCUT2D eigenvalue weighted by Gasteiger charge is 2.36. The molecule has 1 aromatic heterocycles. The van der Waals surface area contributed by atoms with E-state index in [1.54, 1.807) is 11.3 Å². The molecule has 0 radical (unpaired) electrons. The average molecular weight is 253 g/mol. The molecule has 1 aliphatic rings. The SMILES string of the molecule is CC(C)(C)OC(=O)[C@@H]1CNC[C@H]1c1ccsc1. The quantitative estimate of drug-likeness (QED) is 0.822. The van der Waals surface area contributed by atoms with E-state index in [9.17, 15) is 4.79 Å². The molecule has 4 heteroatoms. The number of thiophene rings is 1. The molecule has 1 saturated heterocycles. The number of carbonyl (C=O) groups is 1. The summed E-state index contributed by atoms with van der Waals surface area (Å²) < 4.78 is 5.47. The first-order valence-corrected chi connectivity index (χ1v) is 6.87. The molecule has 2 rings (SSSR count). The highest BCUT2D eigenvalue weighted by atomic mass is 32.1. The molecule has 0 amide bonds. The van der Waals surface area contributed by atoms with Crippen molar-refractivity contribution in [3.05, 3.63) is 22.4 Å². The van der Waals surface area contributed by atoms with Crippen molar-refractivity contribution in [2.45, 2.75) is 32.3 Å². The van der Waals surface area contributed by atoms with E-state index in [4.69, 9.17) is 4.74 Å². The van der Waals surface area contributed by atoms with Crippen LogP contribution in [0.2, 0.25) is 0 Å². The Hall–Kier alpha value is -0.870. The van der Waals surface area contributed by atoms with Crippen LogP contribution in [0.25, 0.3) is 0 Å². The molecule has 2 heterocycles. The Labute approximate surface area is 106 Å². The van der Waals surface area contributed by atoms with Gasteiger partial charge < -0.3 is 10.1 Å². The molecule has 2 atom stereocenters. The van der Waals surface area contributed by atoms with Gasteiger partial charge in [0.1, 0.15) is 5.60 Å². The molecule has 0 spiro atoms. The van der Waals surface area contributed by atoms with Crippen molar-refractivity contribution in [3.8, 4) is 0 Å². The van der Waals surface area contributed by atoms with E-state index < -0.39 is 5.60 Å². The summed E-state index contributed by atoms with van der Waals surface area (Å²) in [5.41, 5.74) is 0.842. The average Bonchev–Trinajstić information content (AvgIpc) is 2.85. The topological polar surface area (TPSA) is 38.3 Å². The predicted octanol–water partition coefficient (Wildman–Crippen LogP) is 2.39. The van der Waals surface area contributed by atoms with Crippen LogP contribution >= 0.6 is 11.3 Å². The minimum Gasteiger partial charge on any atom is -0.460 e. The summed E-state index contributed by atoms with van der Waals surface area (Å²) >= 11 is 1.67. The van der Waals surface area contributed by atoms with Crippen LogP contribution in [0.15, 0.2) is 16.8 Å². The van der Waals surface area contributed by atoms with Crippen molar-refractivity contribution in [1.82, 2.24) is 5.32 Å². The van der Waals surface area contributed by atoms with Crippen molar-refractivity contribution < 1.29 is 9.53 Å². The van der Waals surface area contributed by atoms with E-state index in [0.717, 1.165) is 13.1 Å². The fraction of sp³-hybridized carbons (Fsp3) is 0.615. The van der Waals surface area contributed by atoms with Gasteiger partial charge in [-0.1, -0.05) is 0 Å². The van der Waals surface area contributed by atoms with Gasteiger partial charge in [0, 0.05) is 19.0 Å². The molecule has 0 unspecified atom stereocenters. The summed E-state index contributed by atoms with van der Waals surface area (Å²) in [7, 11) is 0. The third-order valence-electron chi connectivity index (χ3n) is 2.90. The number of nitrogens with one attached hydrogen (secondary N) is 1. The van der Waals surface area contributed by atoms with Crippen molar-refractivity contribution in [1.29, 1.82) is 0 Å². The van der Waals surface area contributed by atoms with Gasteiger partial charge in [0.15, 0.2) is 0 Å². The van der Waals surface area contributed by atoms with Gasteiger partial charge in [-0.3, -0.25) is 4.79 Å². The van der Waals surface area contributed by atoms with E-state index in [2.05, 4.69) is 22.1 Å². The largest absolute Gasteiger partial charge is 0.460 e. The maximum atomic E-state index is 12.1. The second-order valence-electron chi connectivity index (χ2n) is 5.46. The Bertz CT molecular complexity index is 381. The lowest BCUT2D eigenvalue weighted by Gasteiger charge is -2.24. The summed E-state index contributed by atoms with van der Waals surface area (Å²) in [5, 5.41) is 7.46. The van der Waals surface area contributed by atoms with E-state index in [0.29, 0.717) is 0 Å². The molecule has 1 aromatic rings. The Balaban J connectivity index is 2.07. The van der Waals surface area contributed by atoms with Crippen LogP contribution in [0.1, 0.15) is 32.3 Å². The second-order valence-corrected chi connectivity index (χ2v) is 6.24. The van der Waals surface area contributed by atoms with Gasteiger partial charge in [0.2, 0.25) is 0 Å². The van der Waals surface area contributed by atoms with Gasteiger partial charge in [0.25, 0.3) is 0 Å². The number of hydrogen-bond donors (Lipinski definition) is 1. The van der Waals surface area contributed by atoms with E-state index in [1.165, 1.54) is 5.56 Å². The zero-order chi connectivity index (χ0) is 12.5. The Morgan fingerprint density at radius 2 is 2.24 bits per heavy atom. The molecule has 17 heavy (non-hydrogen) atoms. The highest BCUT2D eigenvalue weighted by molar-refractivity contribution is 7.08. The highest BCUT2D eigenvalue weighted by Crippen LogP contribution is 2.31. The first-order chi connectivity index (χ1) is 7.97. The molecular formula is C13H19NO2S. The fourth-order valence-electron chi connectivity index (χ4n) is 2.14. The van der Waals surface area contributed by atoms with Gasteiger partial charge >= 0.3 is 5.97 Å². The number of ether oxygens (including phenoxy) is 1. The summed E-state index contributed by atoms with van der Waals surface area (Å²) in [6.07, 6.45) is 0. The molecule has 3 nitrogen and oxygen atoms in total. The Morgan fingerprint density at radius 3 is 2.82 bits per heavy atom. The molecule has 0 saturated carbocycles. The molecular weight excluding hydrogens is 234 g/mol. The molecule has 1 aliphatic heterocycles. The molecule has 94 valence electrons. The number of carbonyl (C=O) groups excluding carboxylic acids is 1. The lowest BCUT2D eigenvalue weighted by molar-refractivity contribution is -0.159. The number of esters is 1. The first kappa shape index (κ1) is 12.6. The van der Waals surface area contributed by atoms with Crippen molar-refractivity contribution in [2.24, 2.45) is 5.92 Å². The molecule has 0 bridgehead atoms. The van der Waals surface area contributed by atoms with E-state index in [1.807, 2.05) is 20.8 Å². The van der Waals surface area contributed by atoms with Crippen molar-refractivity contribution in [3.63, 3.8) is 0 Å². The molecule has 1 N–H and O–H groups in total. The van der Waals surface area contributed by atoms with Crippen LogP contribution in [0.4, 0.5) is 0 Å². The van der Waals surface area contributed by atoms with Gasteiger partial charge in [-0.2, -0.15) is 11.3 Å². The van der Waals surface area contributed by atoms with Crippen LogP contribution in [0, 0.1) is 5.92 Å². The van der Waals surface area contributed by atoms with Crippen LogP contribution in [-0.2, 0) is 9.53 Å². The van der Waals surface area contributed by atoms with Gasteiger partial charge in [0.05, 0.1) is 5.92 Å². The maximum Gasteiger partial charge on any atom is 0.311 e. The Kier molecular flexibility index (Phi) is 3.54. The first-order valence-electron chi connectivity index (χ1n) is 5.93. The summed E-state index contributed by atoms with van der Waals surface area (Å²) in [5.74, 6) is 0.124. The maximum absolute atomic E-state index is 12.1. The van der Waals surface area contributed by atoms with Crippen LogP contribution in [0.3, 0.4) is 0 Å². The van der Waals surface area contributed by atoms with Crippen molar-refractivity contribution >= 4 is 17.3 Å². The van der Waals surface area contributed by atoms with E-state index >= 15 is 0 Å². The molecule has 1 fully saturated rings. The van der Waals surface area contributed by atoms with Gasteiger partial charge in [-0.05, 0) is 43.2 Å². The number of rotatable bonds is 2. The smallest absolute Gasteiger partial charge is 0.311 e. The normalized spacial score (nSPS) is 24.9. The standard InChI is InChI=1S/C13H19NO2S/c1-13(2,3)16-12(15)11-7-14-6-10(11)9-4-5-17-8-9/h4-5,8,10-11,14H,6-7H2,1-3H3/t10-,11+/m0/s1. The second kappa shape index (κ2) is 4.78. The van der Waals surface area contributed by atoms with Crippen LogP contribution in [-0.4, -0.2) is 24.7 Å². The summed E-state index contributed by atoms with van der Waals surface area (Å²) in [4.78, 5) is 12.1. The Morgan fingerprint density at radius 1 is 1.47 bits per heavy atom. The predicted molar refractivity (Wildman–Crippen MR) is 69.3 cm³/mol. The molecule has 0 aliphatic carbocycles. The third-order valence-corrected chi connectivity index (χ3v) is 3.60. The summed E-state index contributed by atoms with van der Waals surface area (Å²) in [6.45, 7) is 7.31. The lowest BCUT2D eigenvalue weighted by Crippen LogP contribution is -2.31. The van der Waals surface area contributed by atoms with Gasteiger partial charge in [-0.15, -0.1) is 0 Å². The zero-order valence-corrected chi connectivity index (χ0v) is 11.3. The third kappa shape index (κ3) is 3.07. The number of hydrogen-bond acceptors (Lipinski definition) is 4. The van der Waals surface area contributed by atoms with Gasteiger partial charge in [-0.25, -0.2) is 0 Å². The minimum atomic E-state index is -0.404.